The minimum atomic E-state index is -0.894. The highest BCUT2D eigenvalue weighted by Crippen LogP contribution is 2.47. The van der Waals surface area contributed by atoms with Crippen molar-refractivity contribution in [1.29, 1.82) is 0 Å². The molecular weight excluding hydrogens is 268 g/mol. The number of hydrogen-bond donors (Lipinski definition) is 2. The molecule has 5 heteroatoms. The number of anilines is 1. The Hall–Kier alpha value is -2.04. The third kappa shape index (κ3) is 3.35. The van der Waals surface area contributed by atoms with Crippen molar-refractivity contribution in [1.82, 2.24) is 5.32 Å². The monoisotopic (exact) mass is 290 g/mol. The molecule has 1 aliphatic carbocycles. The van der Waals surface area contributed by atoms with Crippen molar-refractivity contribution in [2.45, 2.75) is 33.1 Å². The molecular formula is C16H22N2O3. The fourth-order valence-corrected chi connectivity index (χ4v) is 2.18. The molecule has 2 rings (SSSR count). The van der Waals surface area contributed by atoms with E-state index in [1.807, 2.05) is 26.0 Å². The van der Waals surface area contributed by atoms with Crippen LogP contribution >= 0.6 is 0 Å². The van der Waals surface area contributed by atoms with Gasteiger partial charge in [-0.1, -0.05) is 19.1 Å². The Morgan fingerprint density at radius 1 is 1.19 bits per heavy atom. The fourth-order valence-electron chi connectivity index (χ4n) is 2.18. The lowest BCUT2D eigenvalue weighted by Crippen LogP contribution is -2.40. The minimum Gasteiger partial charge on any atom is -0.492 e. The summed E-state index contributed by atoms with van der Waals surface area (Å²) in [7, 11) is 0. The van der Waals surface area contributed by atoms with Crippen LogP contribution < -0.4 is 15.4 Å². The minimum absolute atomic E-state index is 0.171. The summed E-state index contributed by atoms with van der Waals surface area (Å²) in [6.07, 6.45) is 2.06. The van der Waals surface area contributed by atoms with Crippen molar-refractivity contribution in [2.75, 3.05) is 18.5 Å². The average molecular weight is 290 g/mol. The number of carbonyl (C=O) groups is 2. The van der Waals surface area contributed by atoms with Gasteiger partial charge in [-0.15, -0.1) is 0 Å². The summed E-state index contributed by atoms with van der Waals surface area (Å²) >= 11 is 0. The van der Waals surface area contributed by atoms with Gasteiger partial charge in [-0.25, -0.2) is 0 Å². The van der Waals surface area contributed by atoms with Crippen LogP contribution in [-0.4, -0.2) is 25.0 Å². The van der Waals surface area contributed by atoms with Crippen LogP contribution in [0.15, 0.2) is 24.3 Å². The number of para-hydroxylation sites is 2. The van der Waals surface area contributed by atoms with Crippen molar-refractivity contribution >= 4 is 17.5 Å². The van der Waals surface area contributed by atoms with Crippen molar-refractivity contribution in [3.8, 4) is 5.75 Å². The summed E-state index contributed by atoms with van der Waals surface area (Å²) in [5.74, 6) is 0.206. The number of hydrogen-bond acceptors (Lipinski definition) is 3. The van der Waals surface area contributed by atoms with Gasteiger partial charge < -0.3 is 15.4 Å². The van der Waals surface area contributed by atoms with Crippen LogP contribution in [0.1, 0.15) is 33.1 Å². The third-order valence-electron chi connectivity index (χ3n) is 3.59. The van der Waals surface area contributed by atoms with Gasteiger partial charge in [-0.05, 0) is 38.3 Å². The smallest absolute Gasteiger partial charge is 0.240 e. The number of rotatable bonds is 7. The van der Waals surface area contributed by atoms with Gasteiger partial charge in [-0.2, -0.15) is 0 Å². The second-order valence-corrected chi connectivity index (χ2v) is 5.22. The molecule has 0 saturated heterocycles. The Balaban J connectivity index is 2.06. The molecule has 21 heavy (non-hydrogen) atoms. The van der Waals surface area contributed by atoms with Crippen LogP contribution in [0.4, 0.5) is 5.69 Å². The topological polar surface area (TPSA) is 67.4 Å². The van der Waals surface area contributed by atoms with Crippen LogP contribution in [-0.2, 0) is 9.59 Å². The molecule has 0 bridgehead atoms. The molecule has 0 atom stereocenters. The summed E-state index contributed by atoms with van der Waals surface area (Å²) in [6.45, 7) is 5.00. The van der Waals surface area contributed by atoms with Gasteiger partial charge in [0.1, 0.15) is 11.2 Å². The van der Waals surface area contributed by atoms with Crippen LogP contribution in [0.25, 0.3) is 0 Å². The number of carbonyl (C=O) groups excluding carboxylic acids is 2. The van der Waals surface area contributed by atoms with E-state index in [0.29, 0.717) is 37.4 Å². The Morgan fingerprint density at radius 2 is 1.90 bits per heavy atom. The third-order valence-corrected chi connectivity index (χ3v) is 3.59. The van der Waals surface area contributed by atoms with Gasteiger partial charge in [-0.3, -0.25) is 9.59 Å². The highest BCUT2D eigenvalue weighted by Gasteiger charge is 2.56. The lowest BCUT2D eigenvalue weighted by atomic mass is 10.0. The van der Waals surface area contributed by atoms with Gasteiger partial charge >= 0.3 is 0 Å². The summed E-state index contributed by atoms with van der Waals surface area (Å²) in [4.78, 5) is 24.6. The summed E-state index contributed by atoms with van der Waals surface area (Å²) in [5, 5.41) is 5.64. The molecule has 0 unspecified atom stereocenters. The molecule has 0 aromatic heterocycles. The van der Waals surface area contributed by atoms with E-state index in [4.69, 9.17) is 4.74 Å². The van der Waals surface area contributed by atoms with Gasteiger partial charge in [0, 0.05) is 6.54 Å². The van der Waals surface area contributed by atoms with E-state index >= 15 is 0 Å². The molecule has 0 aliphatic heterocycles. The summed E-state index contributed by atoms with van der Waals surface area (Å²) < 4.78 is 5.48. The van der Waals surface area contributed by atoms with Crippen molar-refractivity contribution in [3.05, 3.63) is 24.3 Å². The van der Waals surface area contributed by atoms with Gasteiger partial charge in [0.15, 0.2) is 0 Å². The van der Waals surface area contributed by atoms with E-state index in [9.17, 15) is 9.59 Å². The Morgan fingerprint density at radius 3 is 2.52 bits per heavy atom. The molecule has 0 radical (unpaired) electrons. The summed E-state index contributed by atoms with van der Waals surface area (Å²) in [5.41, 5.74) is -0.284. The van der Waals surface area contributed by atoms with E-state index in [0.717, 1.165) is 6.42 Å². The first-order valence-electron chi connectivity index (χ1n) is 7.45. The zero-order valence-electron chi connectivity index (χ0n) is 12.6. The number of nitrogens with one attached hydrogen (secondary N) is 2. The quantitative estimate of drug-likeness (QED) is 0.757. The molecule has 1 aromatic carbocycles. The van der Waals surface area contributed by atoms with Crippen molar-refractivity contribution in [2.24, 2.45) is 5.41 Å². The van der Waals surface area contributed by atoms with Crippen LogP contribution in [0.3, 0.4) is 0 Å². The lowest BCUT2D eigenvalue weighted by Gasteiger charge is -2.17. The Bertz CT molecular complexity index is 524. The lowest BCUT2D eigenvalue weighted by molar-refractivity contribution is -0.134. The van der Waals surface area contributed by atoms with Gasteiger partial charge in [0.05, 0.1) is 12.3 Å². The van der Waals surface area contributed by atoms with Gasteiger partial charge in [0.25, 0.3) is 0 Å². The second-order valence-electron chi connectivity index (χ2n) is 5.22. The molecule has 1 fully saturated rings. The predicted molar refractivity (Wildman–Crippen MR) is 81.2 cm³/mol. The van der Waals surface area contributed by atoms with E-state index in [2.05, 4.69) is 10.6 Å². The highest BCUT2D eigenvalue weighted by molar-refractivity contribution is 6.13. The molecule has 1 aliphatic rings. The Kier molecular flexibility index (Phi) is 4.83. The highest BCUT2D eigenvalue weighted by atomic mass is 16.5. The van der Waals surface area contributed by atoms with Crippen LogP contribution in [0.5, 0.6) is 5.75 Å². The standard InChI is InChI=1S/C16H22N2O3/c1-3-11-17-14(19)16(9-10-16)15(20)18-12-7-5-6-8-13(12)21-4-2/h5-8H,3-4,9-11H2,1-2H3,(H,17,19)(H,18,20). The molecule has 114 valence electrons. The normalized spacial score (nSPS) is 15.1. The fraction of sp³-hybridized carbons (Fsp3) is 0.500. The number of benzene rings is 1. The second kappa shape index (κ2) is 6.61. The average Bonchev–Trinajstić information content (AvgIpc) is 3.29. The molecule has 1 aromatic rings. The first kappa shape index (κ1) is 15.4. The SMILES string of the molecule is CCCNC(=O)C1(C(=O)Nc2ccccc2OCC)CC1. The largest absolute Gasteiger partial charge is 0.492 e. The summed E-state index contributed by atoms with van der Waals surface area (Å²) in [6, 6.07) is 7.26. The van der Waals surface area contributed by atoms with E-state index in [1.165, 1.54) is 0 Å². The van der Waals surface area contributed by atoms with Crippen LogP contribution in [0.2, 0.25) is 0 Å². The number of amides is 2. The van der Waals surface area contributed by atoms with E-state index in [-0.39, 0.29) is 11.8 Å². The Labute approximate surface area is 125 Å². The van der Waals surface area contributed by atoms with Crippen LogP contribution in [0, 0.1) is 5.41 Å². The van der Waals surface area contributed by atoms with E-state index < -0.39 is 5.41 Å². The molecule has 2 amide bonds. The molecule has 0 spiro atoms. The molecule has 1 saturated carbocycles. The zero-order valence-corrected chi connectivity index (χ0v) is 12.6. The molecule has 2 N–H and O–H groups in total. The van der Waals surface area contributed by atoms with Crippen molar-refractivity contribution in [3.63, 3.8) is 0 Å². The maximum atomic E-state index is 12.4. The molecule has 5 nitrogen and oxygen atoms in total. The zero-order chi connectivity index (χ0) is 15.3. The van der Waals surface area contributed by atoms with Gasteiger partial charge in [0.2, 0.25) is 11.8 Å². The predicted octanol–water partition coefficient (Wildman–Crippen LogP) is 2.33. The molecule has 0 heterocycles. The number of ether oxygens (including phenoxy) is 1. The van der Waals surface area contributed by atoms with Crippen molar-refractivity contribution < 1.29 is 14.3 Å². The first-order chi connectivity index (χ1) is 10.1. The van der Waals surface area contributed by atoms with E-state index in [1.54, 1.807) is 12.1 Å². The maximum Gasteiger partial charge on any atom is 0.240 e. The first-order valence-corrected chi connectivity index (χ1v) is 7.45. The maximum absolute atomic E-state index is 12.4.